The number of nitrogens with one attached hydrogen (secondary N) is 1. The smallest absolute Gasteiger partial charge is 0.262 e. The number of nitrogens with zero attached hydrogens (tertiary/aromatic N) is 1. The molecule has 6 heteroatoms. The maximum atomic E-state index is 11.8. The van der Waals surface area contributed by atoms with Crippen molar-refractivity contribution in [2.45, 2.75) is 17.4 Å². The molecule has 1 aromatic rings. The van der Waals surface area contributed by atoms with Crippen LogP contribution in [0, 0.1) is 0 Å². The topological polar surface area (TPSA) is 49.4 Å². The van der Waals surface area contributed by atoms with Crippen molar-refractivity contribution in [1.82, 2.24) is 10.2 Å². The van der Waals surface area contributed by atoms with Gasteiger partial charge in [0.15, 0.2) is 0 Å². The lowest BCUT2D eigenvalue weighted by atomic mass is 10.2. The molecule has 0 saturated carbocycles. The van der Waals surface area contributed by atoms with Crippen molar-refractivity contribution in [1.29, 1.82) is 0 Å². The van der Waals surface area contributed by atoms with E-state index in [0.29, 0.717) is 17.8 Å². The molecule has 86 valence electrons. The van der Waals surface area contributed by atoms with Crippen molar-refractivity contribution >= 4 is 35.8 Å². The second kappa shape index (κ2) is 4.47. The van der Waals surface area contributed by atoms with Gasteiger partial charge in [-0.3, -0.25) is 9.59 Å². The van der Waals surface area contributed by atoms with Gasteiger partial charge in [0.1, 0.15) is 6.04 Å². The maximum Gasteiger partial charge on any atom is 0.262 e. The van der Waals surface area contributed by atoms with Crippen LogP contribution in [0.25, 0.3) is 0 Å². The second-order valence-corrected chi connectivity index (χ2v) is 5.17. The summed E-state index contributed by atoms with van der Waals surface area (Å²) in [7, 11) is 1.74. The van der Waals surface area contributed by atoms with Gasteiger partial charge in [0.2, 0.25) is 5.91 Å². The van der Waals surface area contributed by atoms with Gasteiger partial charge in [0.25, 0.3) is 5.91 Å². The van der Waals surface area contributed by atoms with Gasteiger partial charge in [-0.05, 0) is 12.5 Å². The molecule has 1 saturated heterocycles. The van der Waals surface area contributed by atoms with Crippen LogP contribution >= 0.6 is 24.0 Å². The Morgan fingerprint density at radius 3 is 2.94 bits per heavy atom. The molecule has 4 nitrogen and oxygen atoms in total. The SMILES string of the molecule is CN1CCC(NC(=O)c2cc(S)cs2)C1=O. The number of carbonyl (C=O) groups excluding carboxylic acids is 2. The van der Waals surface area contributed by atoms with Crippen LogP contribution in [0.15, 0.2) is 16.3 Å². The van der Waals surface area contributed by atoms with E-state index >= 15 is 0 Å². The molecule has 1 aliphatic rings. The van der Waals surface area contributed by atoms with Crippen molar-refractivity contribution in [2.75, 3.05) is 13.6 Å². The van der Waals surface area contributed by atoms with E-state index in [2.05, 4.69) is 17.9 Å². The lowest BCUT2D eigenvalue weighted by molar-refractivity contribution is -0.128. The number of carbonyl (C=O) groups is 2. The summed E-state index contributed by atoms with van der Waals surface area (Å²) in [6.45, 7) is 0.700. The molecule has 1 fully saturated rings. The zero-order chi connectivity index (χ0) is 11.7. The lowest BCUT2D eigenvalue weighted by Gasteiger charge is -2.11. The van der Waals surface area contributed by atoms with Crippen molar-refractivity contribution in [2.24, 2.45) is 0 Å². The first kappa shape index (κ1) is 11.5. The predicted molar refractivity (Wildman–Crippen MR) is 65.1 cm³/mol. The molecule has 16 heavy (non-hydrogen) atoms. The van der Waals surface area contributed by atoms with Crippen molar-refractivity contribution in [3.63, 3.8) is 0 Å². The van der Waals surface area contributed by atoms with Gasteiger partial charge in [-0.15, -0.1) is 24.0 Å². The zero-order valence-electron chi connectivity index (χ0n) is 8.77. The molecule has 1 N–H and O–H groups in total. The van der Waals surface area contributed by atoms with Crippen LogP contribution in [0.5, 0.6) is 0 Å². The molecule has 0 radical (unpaired) electrons. The third-order valence-corrected chi connectivity index (χ3v) is 3.90. The van der Waals surface area contributed by atoms with E-state index in [1.807, 2.05) is 0 Å². The second-order valence-electron chi connectivity index (χ2n) is 3.74. The molecule has 2 amide bonds. The largest absolute Gasteiger partial charge is 0.344 e. The number of thiol groups is 1. The summed E-state index contributed by atoms with van der Waals surface area (Å²) in [6, 6.07) is 1.33. The molecule has 2 rings (SSSR count). The highest BCUT2D eigenvalue weighted by Gasteiger charge is 2.30. The van der Waals surface area contributed by atoms with Crippen LogP contribution < -0.4 is 5.32 Å². The third-order valence-electron chi connectivity index (χ3n) is 2.54. The van der Waals surface area contributed by atoms with Gasteiger partial charge in [0, 0.05) is 23.9 Å². The van der Waals surface area contributed by atoms with Crippen molar-refractivity contribution in [3.05, 3.63) is 16.3 Å². The van der Waals surface area contributed by atoms with E-state index in [1.54, 1.807) is 23.4 Å². The Bertz CT molecular complexity index is 430. The predicted octanol–water partition coefficient (Wildman–Crippen LogP) is 0.997. The van der Waals surface area contributed by atoms with E-state index < -0.39 is 0 Å². The van der Waals surface area contributed by atoms with Gasteiger partial charge < -0.3 is 10.2 Å². The molecule has 1 unspecified atom stereocenters. The molecule has 1 atom stereocenters. The summed E-state index contributed by atoms with van der Waals surface area (Å²) in [5.41, 5.74) is 0. The number of amides is 2. The van der Waals surface area contributed by atoms with Crippen molar-refractivity contribution < 1.29 is 9.59 Å². The van der Waals surface area contributed by atoms with Crippen molar-refractivity contribution in [3.8, 4) is 0 Å². The van der Waals surface area contributed by atoms with Gasteiger partial charge in [0.05, 0.1) is 4.88 Å². The van der Waals surface area contributed by atoms with Gasteiger partial charge >= 0.3 is 0 Å². The Morgan fingerprint density at radius 2 is 2.44 bits per heavy atom. The normalized spacial score (nSPS) is 20.2. The number of likely N-dealkylation sites (N-methyl/N-ethyl adjacent to an activating group) is 1. The van der Waals surface area contributed by atoms with Crippen LogP contribution in [0.3, 0.4) is 0 Å². The van der Waals surface area contributed by atoms with E-state index in [0.717, 1.165) is 4.90 Å². The average molecular weight is 256 g/mol. The Morgan fingerprint density at radius 1 is 1.69 bits per heavy atom. The number of rotatable bonds is 2. The molecular weight excluding hydrogens is 244 g/mol. The van der Waals surface area contributed by atoms with Crippen LogP contribution in [0.2, 0.25) is 0 Å². The third kappa shape index (κ3) is 2.22. The minimum Gasteiger partial charge on any atom is -0.344 e. The number of thiophene rings is 1. The van der Waals surface area contributed by atoms with E-state index in [-0.39, 0.29) is 17.9 Å². The summed E-state index contributed by atoms with van der Waals surface area (Å²) < 4.78 is 0. The highest BCUT2D eigenvalue weighted by Crippen LogP contribution is 2.18. The fourth-order valence-corrected chi connectivity index (χ4v) is 2.68. The Balaban J connectivity index is 2.01. The Labute approximate surface area is 103 Å². The molecule has 0 spiro atoms. The monoisotopic (exact) mass is 256 g/mol. The average Bonchev–Trinajstić information content (AvgIpc) is 2.79. The molecule has 0 aliphatic carbocycles. The summed E-state index contributed by atoms with van der Waals surface area (Å²) in [6.07, 6.45) is 0.681. The lowest BCUT2D eigenvalue weighted by Crippen LogP contribution is -2.40. The number of hydrogen-bond acceptors (Lipinski definition) is 4. The summed E-state index contributed by atoms with van der Waals surface area (Å²) >= 11 is 5.47. The zero-order valence-corrected chi connectivity index (χ0v) is 10.5. The fourth-order valence-electron chi connectivity index (χ4n) is 1.63. The van der Waals surface area contributed by atoms with Crippen LogP contribution in [-0.2, 0) is 4.79 Å². The van der Waals surface area contributed by atoms with E-state index in [1.165, 1.54) is 11.3 Å². The van der Waals surface area contributed by atoms with Gasteiger partial charge in [-0.2, -0.15) is 0 Å². The first-order valence-corrected chi connectivity index (χ1v) is 6.24. The fraction of sp³-hybridized carbons (Fsp3) is 0.400. The van der Waals surface area contributed by atoms with Gasteiger partial charge in [-0.1, -0.05) is 0 Å². The molecular formula is C10H12N2O2S2. The highest BCUT2D eigenvalue weighted by molar-refractivity contribution is 7.80. The quantitative estimate of drug-likeness (QED) is 0.776. The van der Waals surface area contributed by atoms with Gasteiger partial charge in [-0.25, -0.2) is 0 Å². The first-order valence-electron chi connectivity index (χ1n) is 4.91. The Kier molecular flexibility index (Phi) is 3.20. The van der Waals surface area contributed by atoms with Crippen LogP contribution in [-0.4, -0.2) is 36.3 Å². The molecule has 1 aliphatic heterocycles. The minimum atomic E-state index is -0.372. The molecule has 0 aromatic carbocycles. The minimum absolute atomic E-state index is 0.0176. The first-order chi connectivity index (χ1) is 7.58. The number of likely N-dealkylation sites (tertiary alicyclic amines) is 1. The number of hydrogen-bond donors (Lipinski definition) is 2. The summed E-state index contributed by atoms with van der Waals surface area (Å²) in [5, 5.41) is 4.53. The summed E-state index contributed by atoms with van der Waals surface area (Å²) in [5.74, 6) is -0.213. The van der Waals surface area contributed by atoms with Crippen LogP contribution in [0.4, 0.5) is 0 Å². The summed E-state index contributed by atoms with van der Waals surface area (Å²) in [4.78, 5) is 26.3. The maximum absolute atomic E-state index is 11.8. The molecule has 1 aromatic heterocycles. The molecule has 2 heterocycles. The Hall–Kier alpha value is -1.01. The molecule has 0 bridgehead atoms. The van der Waals surface area contributed by atoms with Crippen LogP contribution in [0.1, 0.15) is 16.1 Å². The van der Waals surface area contributed by atoms with E-state index in [9.17, 15) is 9.59 Å². The van der Waals surface area contributed by atoms with E-state index in [4.69, 9.17) is 0 Å². The highest BCUT2D eigenvalue weighted by atomic mass is 32.1. The standard InChI is InChI=1S/C10H12N2O2S2/c1-12-3-2-7(10(12)14)11-9(13)8-4-6(15)5-16-8/h4-5,7,15H,2-3H2,1H3,(H,11,13).